The molecule has 0 bridgehead atoms. The van der Waals surface area contributed by atoms with E-state index in [1.54, 1.807) is 0 Å². The van der Waals surface area contributed by atoms with E-state index in [1.165, 1.54) is 23.8 Å². The summed E-state index contributed by atoms with van der Waals surface area (Å²) < 4.78 is 0. The first-order valence-electron chi connectivity index (χ1n) is 8.31. The minimum atomic E-state index is -0.719. The van der Waals surface area contributed by atoms with Gasteiger partial charge in [-0.05, 0) is 54.9 Å². The molecule has 142 valence electrons. The fraction of sp³-hybridized carbons (Fsp3) is 0.222. The van der Waals surface area contributed by atoms with E-state index in [4.69, 9.17) is 23.8 Å². The van der Waals surface area contributed by atoms with E-state index in [0.29, 0.717) is 0 Å². The molecule has 0 radical (unpaired) electrons. The molecule has 0 saturated carbocycles. The maximum Gasteiger partial charge on any atom is 0.282 e. The van der Waals surface area contributed by atoms with Crippen LogP contribution in [0.4, 0.5) is 11.4 Å². The monoisotopic (exact) mass is 406 g/mol. The van der Waals surface area contributed by atoms with Crippen molar-refractivity contribution < 1.29 is 9.72 Å². The number of anilines is 1. The molecule has 0 aliphatic carbocycles. The van der Waals surface area contributed by atoms with Crippen molar-refractivity contribution in [1.82, 2.24) is 10.9 Å². The minimum absolute atomic E-state index is 0.148. The van der Waals surface area contributed by atoms with E-state index in [0.717, 1.165) is 24.9 Å². The first kappa shape index (κ1) is 20.6. The number of hydrogen-bond donors (Lipinski definition) is 3. The molecule has 0 spiro atoms. The fourth-order valence-corrected chi connectivity index (χ4v) is 2.67. The molecule has 2 aromatic carbocycles. The summed E-state index contributed by atoms with van der Waals surface area (Å²) in [7, 11) is 0. The van der Waals surface area contributed by atoms with Crippen LogP contribution in [-0.2, 0) is 6.42 Å². The van der Waals surface area contributed by atoms with E-state index in [-0.39, 0.29) is 21.4 Å². The number of nitrogens with zero attached hydrogens (tertiary/aromatic N) is 1. The molecule has 0 heterocycles. The molecular formula is C18H19ClN4O3S. The number of nitrogens with one attached hydrogen (secondary N) is 3. The third kappa shape index (κ3) is 6.19. The summed E-state index contributed by atoms with van der Waals surface area (Å²) in [6.45, 7) is 2.15. The number of unbranched alkanes of at least 4 members (excludes halogenated alkanes) is 1. The lowest BCUT2D eigenvalue weighted by Crippen LogP contribution is -2.43. The van der Waals surface area contributed by atoms with Crippen molar-refractivity contribution in [3.8, 4) is 0 Å². The van der Waals surface area contributed by atoms with Gasteiger partial charge in [0, 0.05) is 16.8 Å². The SMILES string of the molecule is CCCCc1ccc(NC(=S)NNC(=O)c2cc(Cl)ccc2[N+](=O)[O-])cc1. The summed E-state index contributed by atoms with van der Waals surface area (Å²) in [5.41, 5.74) is 6.33. The molecule has 0 fully saturated rings. The number of aryl methyl sites for hydroxylation is 1. The molecule has 3 N–H and O–H groups in total. The number of carbonyl (C=O) groups excluding carboxylic acids is 1. The largest absolute Gasteiger partial charge is 0.331 e. The van der Waals surface area contributed by atoms with Gasteiger partial charge in [-0.25, -0.2) is 0 Å². The molecule has 7 nitrogen and oxygen atoms in total. The number of carbonyl (C=O) groups is 1. The van der Waals surface area contributed by atoms with Gasteiger partial charge in [-0.1, -0.05) is 37.1 Å². The quantitative estimate of drug-likeness (QED) is 0.377. The zero-order valence-corrected chi connectivity index (χ0v) is 16.2. The highest BCUT2D eigenvalue weighted by atomic mass is 35.5. The second kappa shape index (κ2) is 9.84. The summed E-state index contributed by atoms with van der Waals surface area (Å²) in [6, 6.07) is 11.5. The predicted molar refractivity (Wildman–Crippen MR) is 110 cm³/mol. The molecule has 0 saturated heterocycles. The van der Waals surface area contributed by atoms with Crippen LogP contribution in [-0.4, -0.2) is 15.9 Å². The van der Waals surface area contributed by atoms with Crippen molar-refractivity contribution in [3.05, 3.63) is 68.7 Å². The highest BCUT2D eigenvalue weighted by Gasteiger charge is 2.20. The van der Waals surface area contributed by atoms with Crippen LogP contribution in [0, 0.1) is 10.1 Å². The Kier molecular flexibility index (Phi) is 7.51. The van der Waals surface area contributed by atoms with Gasteiger partial charge in [0.05, 0.1) is 4.92 Å². The number of hydrazine groups is 1. The zero-order valence-electron chi connectivity index (χ0n) is 14.6. The van der Waals surface area contributed by atoms with Crippen LogP contribution >= 0.6 is 23.8 Å². The van der Waals surface area contributed by atoms with Crippen molar-refractivity contribution >= 4 is 46.2 Å². The number of halogens is 1. The zero-order chi connectivity index (χ0) is 19.8. The predicted octanol–water partition coefficient (Wildman–Crippen LogP) is 4.22. The molecule has 1 amide bonds. The van der Waals surface area contributed by atoms with Crippen molar-refractivity contribution in [3.63, 3.8) is 0 Å². The van der Waals surface area contributed by atoms with E-state index in [2.05, 4.69) is 23.1 Å². The molecule has 9 heteroatoms. The Bertz CT molecular complexity index is 843. The number of benzene rings is 2. The molecule has 0 aliphatic rings. The van der Waals surface area contributed by atoms with E-state index in [9.17, 15) is 14.9 Å². The lowest BCUT2D eigenvalue weighted by atomic mass is 10.1. The number of hydrogen-bond acceptors (Lipinski definition) is 4. The van der Waals surface area contributed by atoms with Gasteiger partial charge < -0.3 is 5.32 Å². The maximum atomic E-state index is 12.2. The van der Waals surface area contributed by atoms with Crippen molar-refractivity contribution in [1.29, 1.82) is 0 Å². The minimum Gasteiger partial charge on any atom is -0.331 e. The smallest absolute Gasteiger partial charge is 0.282 e. The van der Waals surface area contributed by atoms with Gasteiger partial charge in [0.1, 0.15) is 5.56 Å². The van der Waals surface area contributed by atoms with E-state index < -0.39 is 10.8 Å². The summed E-state index contributed by atoms with van der Waals surface area (Å²) in [6.07, 6.45) is 3.29. The van der Waals surface area contributed by atoms with Crippen LogP contribution in [0.2, 0.25) is 5.02 Å². The second-order valence-corrected chi connectivity index (χ2v) is 6.60. The van der Waals surface area contributed by atoms with Gasteiger partial charge in [0.15, 0.2) is 5.11 Å². The van der Waals surface area contributed by atoms with Crippen LogP contribution in [0.1, 0.15) is 35.7 Å². The Balaban J connectivity index is 1.93. The standard InChI is InChI=1S/C18H19ClN4O3S/c1-2-3-4-12-5-8-14(9-6-12)20-18(27)22-21-17(24)15-11-13(19)7-10-16(15)23(25)26/h5-11H,2-4H2,1H3,(H,21,24)(H2,20,22,27). The van der Waals surface area contributed by atoms with Gasteiger partial charge >= 0.3 is 0 Å². The summed E-state index contributed by atoms with van der Waals surface area (Å²) >= 11 is 10.9. The van der Waals surface area contributed by atoms with Crippen molar-refractivity contribution in [2.45, 2.75) is 26.2 Å². The van der Waals surface area contributed by atoms with Crippen LogP contribution < -0.4 is 16.2 Å². The summed E-state index contributed by atoms with van der Waals surface area (Å²) in [4.78, 5) is 22.6. The topological polar surface area (TPSA) is 96.3 Å². The molecule has 0 unspecified atom stereocenters. The number of nitro benzene ring substituents is 1. The van der Waals surface area contributed by atoms with Gasteiger partial charge in [-0.15, -0.1) is 0 Å². The first-order chi connectivity index (χ1) is 12.9. The number of thiocarbonyl (C=S) groups is 1. The van der Waals surface area contributed by atoms with Crippen LogP contribution in [0.5, 0.6) is 0 Å². The van der Waals surface area contributed by atoms with E-state index in [1.807, 2.05) is 24.3 Å². The molecule has 0 aromatic heterocycles. The van der Waals surface area contributed by atoms with Crippen LogP contribution in [0.3, 0.4) is 0 Å². The Morgan fingerprint density at radius 3 is 2.52 bits per heavy atom. The highest BCUT2D eigenvalue weighted by molar-refractivity contribution is 7.80. The lowest BCUT2D eigenvalue weighted by molar-refractivity contribution is -0.385. The first-order valence-corrected chi connectivity index (χ1v) is 9.09. The van der Waals surface area contributed by atoms with Gasteiger partial charge in [-0.2, -0.15) is 0 Å². The van der Waals surface area contributed by atoms with E-state index >= 15 is 0 Å². The number of nitro groups is 1. The third-order valence-electron chi connectivity index (χ3n) is 3.72. The van der Waals surface area contributed by atoms with Gasteiger partial charge in [-0.3, -0.25) is 25.8 Å². The van der Waals surface area contributed by atoms with Crippen molar-refractivity contribution in [2.75, 3.05) is 5.32 Å². The van der Waals surface area contributed by atoms with Crippen LogP contribution in [0.25, 0.3) is 0 Å². The molecule has 0 aliphatic heterocycles. The summed E-state index contributed by atoms with van der Waals surface area (Å²) in [5.74, 6) is -0.719. The normalized spacial score (nSPS) is 10.1. The van der Waals surface area contributed by atoms with Crippen molar-refractivity contribution in [2.24, 2.45) is 0 Å². The van der Waals surface area contributed by atoms with Crippen LogP contribution in [0.15, 0.2) is 42.5 Å². The Morgan fingerprint density at radius 2 is 1.89 bits per heavy atom. The molecule has 2 rings (SSSR count). The van der Waals surface area contributed by atoms with Gasteiger partial charge in [0.2, 0.25) is 0 Å². The molecule has 2 aromatic rings. The average molecular weight is 407 g/mol. The summed E-state index contributed by atoms with van der Waals surface area (Å²) in [5, 5.41) is 14.3. The number of rotatable bonds is 6. The fourth-order valence-electron chi connectivity index (χ4n) is 2.33. The Morgan fingerprint density at radius 1 is 1.19 bits per heavy atom. The number of amides is 1. The Labute approximate surface area is 167 Å². The Hall–Kier alpha value is -2.71. The molecular weight excluding hydrogens is 388 g/mol. The lowest BCUT2D eigenvalue weighted by Gasteiger charge is -2.12. The van der Waals surface area contributed by atoms with Gasteiger partial charge in [0.25, 0.3) is 11.6 Å². The molecule has 0 atom stereocenters. The average Bonchev–Trinajstić information content (AvgIpc) is 2.65. The maximum absolute atomic E-state index is 12.2. The molecule has 27 heavy (non-hydrogen) atoms. The highest BCUT2D eigenvalue weighted by Crippen LogP contribution is 2.22. The second-order valence-electron chi connectivity index (χ2n) is 5.75. The third-order valence-corrected chi connectivity index (χ3v) is 4.16.